The molecule has 0 fully saturated rings. The Labute approximate surface area is 151 Å². The highest BCUT2D eigenvalue weighted by Crippen LogP contribution is 2.35. The molecular formula is C18H21N5OS. The van der Waals surface area contributed by atoms with E-state index in [0.717, 1.165) is 27.3 Å². The number of carbonyl (C=O) groups excluding carboxylic acids is 1. The Morgan fingerprint density at radius 3 is 2.56 bits per heavy atom. The number of aryl methyl sites for hydroxylation is 2. The van der Waals surface area contributed by atoms with Crippen LogP contribution >= 0.6 is 11.3 Å². The zero-order chi connectivity index (χ0) is 18.1. The van der Waals surface area contributed by atoms with Gasteiger partial charge in [-0.3, -0.25) is 9.78 Å². The minimum absolute atomic E-state index is 0.0262. The van der Waals surface area contributed by atoms with Crippen LogP contribution in [0.3, 0.4) is 0 Å². The fourth-order valence-electron chi connectivity index (χ4n) is 2.53. The highest BCUT2D eigenvalue weighted by Gasteiger charge is 2.20. The first-order valence-electron chi connectivity index (χ1n) is 7.99. The van der Waals surface area contributed by atoms with E-state index >= 15 is 0 Å². The molecule has 0 radical (unpaired) electrons. The van der Waals surface area contributed by atoms with E-state index in [0.29, 0.717) is 5.82 Å². The van der Waals surface area contributed by atoms with E-state index in [1.165, 1.54) is 4.88 Å². The summed E-state index contributed by atoms with van der Waals surface area (Å²) in [6.07, 6.45) is 1.73. The van der Waals surface area contributed by atoms with Crippen LogP contribution in [0.1, 0.15) is 10.4 Å². The van der Waals surface area contributed by atoms with Crippen molar-refractivity contribution >= 4 is 33.3 Å². The summed E-state index contributed by atoms with van der Waals surface area (Å²) in [5.74, 6) is 1.37. The van der Waals surface area contributed by atoms with Crippen molar-refractivity contribution in [2.24, 2.45) is 0 Å². The summed E-state index contributed by atoms with van der Waals surface area (Å²) in [5, 5.41) is 1.01. The quantitative estimate of drug-likeness (QED) is 0.720. The van der Waals surface area contributed by atoms with E-state index in [4.69, 9.17) is 9.97 Å². The lowest BCUT2D eigenvalue weighted by molar-refractivity contribution is -0.127. The molecule has 0 unspecified atom stereocenters. The molecule has 3 rings (SSSR count). The molecule has 3 heterocycles. The maximum absolute atomic E-state index is 12.1. The molecule has 0 aliphatic heterocycles. The molecule has 0 atom stereocenters. The van der Waals surface area contributed by atoms with E-state index in [2.05, 4.69) is 18.8 Å². The van der Waals surface area contributed by atoms with Crippen molar-refractivity contribution in [3.63, 3.8) is 0 Å². The minimum atomic E-state index is 0.0262. The predicted molar refractivity (Wildman–Crippen MR) is 102 cm³/mol. The predicted octanol–water partition coefficient (Wildman–Crippen LogP) is 2.89. The average molecular weight is 355 g/mol. The number of pyridine rings is 1. The molecule has 25 heavy (non-hydrogen) atoms. The van der Waals surface area contributed by atoms with Gasteiger partial charge >= 0.3 is 0 Å². The second-order valence-electron chi connectivity index (χ2n) is 6.19. The molecule has 0 aliphatic carbocycles. The Morgan fingerprint density at radius 2 is 1.92 bits per heavy atom. The third kappa shape index (κ3) is 3.32. The van der Waals surface area contributed by atoms with Gasteiger partial charge in [0.05, 0.1) is 11.9 Å². The van der Waals surface area contributed by atoms with Crippen LogP contribution in [0.15, 0.2) is 24.4 Å². The topological polar surface area (TPSA) is 62.2 Å². The second-order valence-corrected chi connectivity index (χ2v) is 7.40. The lowest BCUT2D eigenvalue weighted by Gasteiger charge is -2.21. The third-order valence-electron chi connectivity index (χ3n) is 4.14. The van der Waals surface area contributed by atoms with Gasteiger partial charge in [-0.25, -0.2) is 9.97 Å². The highest BCUT2D eigenvalue weighted by atomic mass is 32.1. The van der Waals surface area contributed by atoms with Gasteiger partial charge < -0.3 is 9.80 Å². The molecule has 0 bridgehead atoms. The molecule has 0 aliphatic rings. The van der Waals surface area contributed by atoms with Crippen molar-refractivity contribution in [2.75, 3.05) is 32.6 Å². The summed E-state index contributed by atoms with van der Waals surface area (Å²) < 4.78 is 0. The minimum Gasteiger partial charge on any atom is -0.350 e. The lowest BCUT2D eigenvalue weighted by Crippen LogP contribution is -2.34. The largest absolute Gasteiger partial charge is 0.350 e. The van der Waals surface area contributed by atoms with Crippen molar-refractivity contribution in [1.29, 1.82) is 0 Å². The van der Waals surface area contributed by atoms with Gasteiger partial charge in [-0.15, -0.1) is 11.3 Å². The molecule has 0 aromatic carbocycles. The van der Waals surface area contributed by atoms with Crippen molar-refractivity contribution in [2.45, 2.75) is 13.8 Å². The first-order valence-corrected chi connectivity index (χ1v) is 8.80. The van der Waals surface area contributed by atoms with Crippen molar-refractivity contribution in [3.05, 3.63) is 34.8 Å². The van der Waals surface area contributed by atoms with E-state index < -0.39 is 0 Å². The van der Waals surface area contributed by atoms with Crippen LogP contribution in [0.4, 0.5) is 5.82 Å². The molecule has 130 valence electrons. The zero-order valence-electron chi connectivity index (χ0n) is 15.1. The van der Waals surface area contributed by atoms with Gasteiger partial charge in [-0.1, -0.05) is 6.07 Å². The fraction of sp³-hybridized carbons (Fsp3) is 0.333. The number of hydrogen-bond donors (Lipinski definition) is 0. The molecule has 0 saturated carbocycles. The molecular weight excluding hydrogens is 334 g/mol. The summed E-state index contributed by atoms with van der Waals surface area (Å²) >= 11 is 1.64. The molecule has 0 N–H and O–H groups in total. The molecule has 7 heteroatoms. The maximum atomic E-state index is 12.1. The molecule has 3 aromatic heterocycles. The monoisotopic (exact) mass is 355 g/mol. The van der Waals surface area contributed by atoms with Crippen LogP contribution in [-0.4, -0.2) is 53.4 Å². The summed E-state index contributed by atoms with van der Waals surface area (Å²) in [6, 6.07) is 5.67. The maximum Gasteiger partial charge on any atom is 0.241 e. The van der Waals surface area contributed by atoms with Gasteiger partial charge in [0.1, 0.15) is 16.3 Å². The molecule has 6 nitrogen and oxygen atoms in total. The number of hydrogen-bond acceptors (Lipinski definition) is 6. The van der Waals surface area contributed by atoms with Gasteiger partial charge in [0.25, 0.3) is 0 Å². The van der Waals surface area contributed by atoms with E-state index in [1.807, 2.05) is 30.1 Å². The normalized spacial score (nSPS) is 10.9. The standard InChI is InChI=1S/C18H21N5OS/c1-11-12(2)25-18-15(11)17(23(5)10-14(24)22(3)4)20-16(21-18)13-8-6-7-9-19-13/h6-9H,10H2,1-5H3. The first-order chi connectivity index (χ1) is 11.9. The van der Waals surface area contributed by atoms with Crippen molar-refractivity contribution in [1.82, 2.24) is 19.9 Å². The van der Waals surface area contributed by atoms with Gasteiger partial charge in [-0.05, 0) is 31.5 Å². The summed E-state index contributed by atoms with van der Waals surface area (Å²) in [5.41, 5.74) is 1.88. The number of fused-ring (bicyclic) bond motifs is 1. The third-order valence-corrected chi connectivity index (χ3v) is 5.24. The van der Waals surface area contributed by atoms with E-state index in [9.17, 15) is 4.79 Å². The number of nitrogens with zero attached hydrogens (tertiary/aromatic N) is 5. The lowest BCUT2D eigenvalue weighted by atomic mass is 10.2. The number of anilines is 1. The fourth-order valence-corrected chi connectivity index (χ4v) is 3.56. The molecule has 0 spiro atoms. The van der Waals surface area contributed by atoms with Crippen LogP contribution in [0.2, 0.25) is 0 Å². The Kier molecular flexibility index (Phi) is 4.67. The van der Waals surface area contributed by atoms with Gasteiger partial charge in [0, 0.05) is 32.2 Å². The second kappa shape index (κ2) is 6.76. The number of aromatic nitrogens is 3. The summed E-state index contributed by atoms with van der Waals surface area (Å²) in [4.78, 5) is 31.5. The van der Waals surface area contributed by atoms with Crippen LogP contribution < -0.4 is 4.90 Å². The van der Waals surface area contributed by atoms with Crippen molar-refractivity contribution < 1.29 is 4.79 Å². The van der Waals surface area contributed by atoms with Crippen LogP contribution in [0, 0.1) is 13.8 Å². The molecule has 1 amide bonds. The van der Waals surface area contributed by atoms with Gasteiger partial charge in [0.15, 0.2) is 5.82 Å². The van der Waals surface area contributed by atoms with Gasteiger partial charge in [-0.2, -0.15) is 0 Å². The van der Waals surface area contributed by atoms with Crippen molar-refractivity contribution in [3.8, 4) is 11.5 Å². The number of thiophene rings is 1. The van der Waals surface area contributed by atoms with Crippen LogP contribution in [0.5, 0.6) is 0 Å². The number of rotatable bonds is 4. The Bertz CT molecular complexity index is 920. The molecule has 0 saturated heterocycles. The smallest absolute Gasteiger partial charge is 0.241 e. The zero-order valence-corrected chi connectivity index (χ0v) is 15.9. The highest BCUT2D eigenvalue weighted by molar-refractivity contribution is 7.18. The summed E-state index contributed by atoms with van der Waals surface area (Å²) in [6.45, 7) is 4.41. The van der Waals surface area contributed by atoms with Gasteiger partial charge in [0.2, 0.25) is 5.91 Å². The van der Waals surface area contributed by atoms with E-state index in [-0.39, 0.29) is 12.5 Å². The Morgan fingerprint density at radius 1 is 1.16 bits per heavy atom. The summed E-state index contributed by atoms with van der Waals surface area (Å²) in [7, 11) is 5.40. The van der Waals surface area contributed by atoms with Crippen LogP contribution in [0.25, 0.3) is 21.7 Å². The van der Waals surface area contributed by atoms with E-state index in [1.54, 1.807) is 36.5 Å². The number of amides is 1. The number of likely N-dealkylation sites (N-methyl/N-ethyl adjacent to an activating group) is 2. The first kappa shape index (κ1) is 17.3. The number of carbonyl (C=O) groups is 1. The Balaban J connectivity index is 2.16. The average Bonchev–Trinajstić information content (AvgIpc) is 2.89. The molecule has 3 aromatic rings. The van der Waals surface area contributed by atoms with Crippen LogP contribution in [-0.2, 0) is 4.79 Å². The SMILES string of the molecule is Cc1sc2nc(-c3ccccn3)nc(N(C)CC(=O)N(C)C)c2c1C. The Hall–Kier alpha value is -2.54.